The Morgan fingerprint density at radius 3 is 1.97 bits per heavy atom. The van der Waals surface area contributed by atoms with Gasteiger partial charge in [0.25, 0.3) is 5.91 Å². The first-order valence-corrected chi connectivity index (χ1v) is 10.7. The van der Waals surface area contributed by atoms with Crippen LogP contribution in [0.5, 0.6) is 0 Å². The van der Waals surface area contributed by atoms with Gasteiger partial charge in [0.1, 0.15) is 28.2 Å². The molecule has 0 saturated carbocycles. The molecule has 0 fully saturated rings. The third kappa shape index (κ3) is 4.70. The summed E-state index contributed by atoms with van der Waals surface area (Å²) in [4.78, 5) is 64.0. The molecule has 12 nitrogen and oxygen atoms in total. The van der Waals surface area contributed by atoms with E-state index in [0.29, 0.717) is 0 Å². The van der Waals surface area contributed by atoms with E-state index in [-0.39, 0.29) is 62.8 Å². The van der Waals surface area contributed by atoms with Crippen LogP contribution in [0.1, 0.15) is 49.2 Å². The highest BCUT2D eigenvalue weighted by molar-refractivity contribution is 6.08. The normalized spacial score (nSPS) is 10.4. The smallest absolute Gasteiger partial charge is 0.251 e. The molecule has 182 valence electrons. The Kier molecular flexibility index (Phi) is 7.61. The van der Waals surface area contributed by atoms with E-state index in [0.717, 1.165) is 17.2 Å². The summed E-state index contributed by atoms with van der Waals surface area (Å²) in [6.45, 7) is 7.21. The minimum atomic E-state index is -1.11. The molecule has 2 aromatic carbocycles. The summed E-state index contributed by atoms with van der Waals surface area (Å²) >= 11 is 0. The van der Waals surface area contributed by atoms with E-state index in [4.69, 9.17) is 9.95 Å². The van der Waals surface area contributed by atoms with Crippen molar-refractivity contribution in [3.63, 3.8) is 0 Å². The van der Waals surface area contributed by atoms with Gasteiger partial charge in [0.2, 0.25) is 5.43 Å². The van der Waals surface area contributed by atoms with Gasteiger partial charge in [0.05, 0.1) is 16.3 Å². The summed E-state index contributed by atoms with van der Waals surface area (Å²) in [7, 11) is 0. The van der Waals surface area contributed by atoms with Gasteiger partial charge in [-0.05, 0) is 72.3 Å². The van der Waals surface area contributed by atoms with Gasteiger partial charge in [-0.25, -0.2) is 0 Å². The minimum Gasteiger partial charge on any atom is -0.456 e. The number of allylic oxidation sites excluding steroid dienone is 4. The molecule has 0 unspecified atom stereocenters. The van der Waals surface area contributed by atoms with Crippen LogP contribution in [-0.4, -0.2) is 5.91 Å². The number of nitroso groups, excluding NO2 is 3. The first-order chi connectivity index (χ1) is 17.2. The Bertz CT molecular complexity index is 1620. The van der Waals surface area contributed by atoms with Crippen LogP contribution in [0.3, 0.4) is 0 Å². The number of amides is 1. The average Bonchev–Trinajstić information content (AvgIpc) is 2.84. The molecule has 0 spiro atoms. The SMILES string of the molecule is CC(C)=CCc1c(N=O)cc2oc3cc(N=O)c(C(=O)N=[N+]=[N-])c(CC=C(C)C)c3c(=O)c2c1N=O. The highest BCUT2D eigenvalue weighted by Crippen LogP contribution is 2.40. The molecule has 0 N–H and O–H groups in total. The van der Waals surface area contributed by atoms with Crippen LogP contribution in [0.2, 0.25) is 0 Å². The molecule has 0 aliphatic heterocycles. The van der Waals surface area contributed by atoms with E-state index >= 15 is 0 Å². The molecule has 3 rings (SSSR count). The Labute approximate surface area is 203 Å². The number of azide groups is 1. The van der Waals surface area contributed by atoms with E-state index in [1.165, 1.54) is 6.07 Å². The van der Waals surface area contributed by atoms with Gasteiger partial charge in [-0.2, -0.15) is 0 Å². The molecule has 3 aromatic rings. The van der Waals surface area contributed by atoms with Gasteiger partial charge < -0.3 is 4.42 Å². The summed E-state index contributed by atoms with van der Waals surface area (Å²) in [6, 6.07) is 2.28. The summed E-state index contributed by atoms with van der Waals surface area (Å²) in [5.41, 5.74) is 8.48. The second kappa shape index (κ2) is 10.6. The van der Waals surface area contributed by atoms with Crippen LogP contribution in [-0.2, 0) is 12.8 Å². The summed E-state index contributed by atoms with van der Waals surface area (Å²) in [5, 5.41) is 11.6. The van der Waals surface area contributed by atoms with Crippen molar-refractivity contribution < 1.29 is 9.21 Å². The van der Waals surface area contributed by atoms with Crippen molar-refractivity contribution in [3.05, 3.63) is 87.5 Å². The fourth-order valence-electron chi connectivity index (χ4n) is 3.84. The van der Waals surface area contributed by atoms with E-state index < -0.39 is 17.0 Å². The number of hydrogen-bond acceptors (Lipinski definition) is 9. The van der Waals surface area contributed by atoms with E-state index in [9.17, 15) is 24.3 Å². The van der Waals surface area contributed by atoms with Crippen LogP contribution in [0.25, 0.3) is 32.4 Å². The first-order valence-electron chi connectivity index (χ1n) is 10.7. The lowest BCUT2D eigenvalue weighted by Crippen LogP contribution is -2.11. The molecule has 0 radical (unpaired) electrons. The number of fused-ring (bicyclic) bond motifs is 2. The third-order valence-corrected chi connectivity index (χ3v) is 5.46. The van der Waals surface area contributed by atoms with Gasteiger partial charge in [-0.3, -0.25) is 9.59 Å². The van der Waals surface area contributed by atoms with Crippen LogP contribution in [0.4, 0.5) is 17.1 Å². The molecular formula is C24H20N6O6. The van der Waals surface area contributed by atoms with E-state index in [1.807, 2.05) is 13.8 Å². The van der Waals surface area contributed by atoms with Crippen LogP contribution in [0, 0.1) is 14.7 Å². The predicted molar refractivity (Wildman–Crippen MR) is 136 cm³/mol. The van der Waals surface area contributed by atoms with Crippen molar-refractivity contribution >= 4 is 44.9 Å². The average molecular weight is 488 g/mol. The van der Waals surface area contributed by atoms with Crippen molar-refractivity contribution in [2.75, 3.05) is 0 Å². The summed E-state index contributed by atoms with van der Waals surface area (Å²) < 4.78 is 5.83. The zero-order valence-corrected chi connectivity index (χ0v) is 19.9. The molecule has 36 heavy (non-hydrogen) atoms. The lowest BCUT2D eigenvalue weighted by atomic mass is 9.94. The standard InChI is InChI=1S/C24H20N6O6/c1-11(2)5-7-13-15(27-33)9-18-21(22(13)29-35)23(31)20-14(8-6-12(3)4)19(24(32)26-30-25)16(28-34)10-17(20)36-18/h5-6,9-10H,7-8H2,1-4H3. The number of rotatable bonds is 8. The van der Waals surface area contributed by atoms with Crippen molar-refractivity contribution in [1.29, 1.82) is 0 Å². The summed E-state index contributed by atoms with van der Waals surface area (Å²) in [6.07, 6.45) is 3.53. The van der Waals surface area contributed by atoms with Gasteiger partial charge in [-0.15, -0.1) is 14.7 Å². The monoisotopic (exact) mass is 488 g/mol. The fraction of sp³-hybridized carbons (Fsp3) is 0.250. The molecule has 0 aliphatic rings. The van der Waals surface area contributed by atoms with Crippen molar-refractivity contribution in [3.8, 4) is 0 Å². The zero-order valence-electron chi connectivity index (χ0n) is 19.9. The molecule has 0 aliphatic carbocycles. The highest BCUT2D eigenvalue weighted by atomic mass is 16.3. The number of benzene rings is 2. The molecule has 0 bridgehead atoms. The second-order valence-corrected chi connectivity index (χ2v) is 8.39. The van der Waals surface area contributed by atoms with E-state index in [1.54, 1.807) is 26.0 Å². The molecule has 0 saturated heterocycles. The van der Waals surface area contributed by atoms with Crippen molar-refractivity contribution in [2.45, 2.75) is 40.5 Å². The van der Waals surface area contributed by atoms with Crippen LogP contribution < -0.4 is 5.43 Å². The zero-order chi connectivity index (χ0) is 26.6. The molecule has 1 amide bonds. The minimum absolute atomic E-state index is 0.0110. The topological polar surface area (TPSA) is 184 Å². The predicted octanol–water partition coefficient (Wildman–Crippen LogP) is 7.61. The fourth-order valence-corrected chi connectivity index (χ4v) is 3.84. The number of hydrogen-bond donors (Lipinski definition) is 0. The van der Waals surface area contributed by atoms with Gasteiger partial charge in [0.15, 0.2) is 0 Å². The Hall–Kier alpha value is -4.83. The van der Waals surface area contributed by atoms with Crippen molar-refractivity contribution in [1.82, 2.24) is 0 Å². The number of carbonyl (C=O) groups excluding carboxylic acids is 1. The molecule has 0 atom stereocenters. The van der Waals surface area contributed by atoms with Crippen molar-refractivity contribution in [2.24, 2.45) is 20.6 Å². The Balaban J connectivity index is 2.63. The van der Waals surface area contributed by atoms with Gasteiger partial charge in [-0.1, -0.05) is 23.3 Å². The Morgan fingerprint density at radius 2 is 1.44 bits per heavy atom. The third-order valence-electron chi connectivity index (χ3n) is 5.46. The lowest BCUT2D eigenvalue weighted by Gasteiger charge is -2.13. The first kappa shape index (κ1) is 25.8. The molecule has 1 aromatic heterocycles. The van der Waals surface area contributed by atoms with Crippen LogP contribution >= 0.6 is 0 Å². The Morgan fingerprint density at radius 1 is 0.889 bits per heavy atom. The van der Waals surface area contributed by atoms with Gasteiger partial charge in [0, 0.05) is 22.6 Å². The maximum absolute atomic E-state index is 13.8. The van der Waals surface area contributed by atoms with Gasteiger partial charge >= 0.3 is 0 Å². The maximum Gasteiger partial charge on any atom is 0.251 e. The molecular weight excluding hydrogens is 468 g/mol. The largest absolute Gasteiger partial charge is 0.456 e. The number of nitrogens with zero attached hydrogens (tertiary/aromatic N) is 6. The van der Waals surface area contributed by atoms with E-state index in [2.05, 4.69) is 25.6 Å². The number of carbonyl (C=O) groups is 1. The highest BCUT2D eigenvalue weighted by Gasteiger charge is 2.26. The lowest BCUT2D eigenvalue weighted by molar-refractivity contribution is 0.100. The molecule has 12 heteroatoms. The summed E-state index contributed by atoms with van der Waals surface area (Å²) in [5.74, 6) is -1.11. The second-order valence-electron chi connectivity index (χ2n) is 8.39. The quantitative estimate of drug-likeness (QED) is 0.0783. The van der Waals surface area contributed by atoms with Crippen LogP contribution in [0.15, 0.2) is 65.3 Å². The maximum atomic E-state index is 13.8. The molecule has 1 heterocycles.